The highest BCUT2D eigenvalue weighted by Gasteiger charge is 2.12. The fraction of sp³-hybridized carbons (Fsp3) is 0.200. The molecule has 0 saturated heterocycles. The predicted octanol–water partition coefficient (Wildman–Crippen LogP) is 3.25. The number of aryl methyl sites for hydroxylation is 1. The summed E-state index contributed by atoms with van der Waals surface area (Å²) < 4.78 is 4.06. The number of aromatic nitrogens is 6. The number of nitrogens with one attached hydrogen (secondary N) is 1. The summed E-state index contributed by atoms with van der Waals surface area (Å²) in [6, 6.07) is 7.94. The lowest BCUT2D eigenvalue weighted by atomic mass is 10.3. The van der Waals surface area contributed by atoms with E-state index in [9.17, 15) is 0 Å². The Morgan fingerprint density at radius 2 is 2.04 bits per heavy atom. The van der Waals surface area contributed by atoms with E-state index in [4.69, 9.17) is 4.98 Å². The van der Waals surface area contributed by atoms with Crippen molar-refractivity contribution in [1.82, 2.24) is 29.1 Å². The monoisotopic (exact) mass is 359 g/mol. The predicted molar refractivity (Wildman–Crippen MR) is 106 cm³/mol. The summed E-state index contributed by atoms with van der Waals surface area (Å²) >= 11 is 0. The topological polar surface area (TPSA) is 73.5 Å². The SMILES string of the molecule is CC=Cc1nc(NCc2cn(C)cn2)c2c(ccn2Cc2ccccn2)n1. The summed E-state index contributed by atoms with van der Waals surface area (Å²) in [6.07, 6.45) is 11.5. The highest BCUT2D eigenvalue weighted by atomic mass is 15.1. The Bertz CT molecular complexity index is 1080. The van der Waals surface area contributed by atoms with Crippen molar-refractivity contribution in [2.75, 3.05) is 5.32 Å². The zero-order chi connectivity index (χ0) is 18.6. The molecule has 4 aromatic heterocycles. The first-order valence-electron chi connectivity index (χ1n) is 8.83. The highest BCUT2D eigenvalue weighted by Crippen LogP contribution is 2.23. The Labute approximate surface area is 157 Å². The van der Waals surface area contributed by atoms with Gasteiger partial charge in [0.2, 0.25) is 0 Å². The zero-order valence-corrected chi connectivity index (χ0v) is 15.4. The molecule has 7 nitrogen and oxygen atoms in total. The summed E-state index contributed by atoms with van der Waals surface area (Å²) in [5.74, 6) is 1.48. The van der Waals surface area contributed by atoms with E-state index in [1.54, 1.807) is 6.33 Å². The molecule has 0 radical (unpaired) electrons. The molecule has 1 N–H and O–H groups in total. The van der Waals surface area contributed by atoms with Crippen LogP contribution in [-0.2, 0) is 20.1 Å². The summed E-state index contributed by atoms with van der Waals surface area (Å²) in [6.45, 7) is 3.22. The lowest BCUT2D eigenvalue weighted by Gasteiger charge is -2.11. The van der Waals surface area contributed by atoms with Gasteiger partial charge in [-0.3, -0.25) is 4.98 Å². The van der Waals surface area contributed by atoms with Crippen molar-refractivity contribution in [3.63, 3.8) is 0 Å². The van der Waals surface area contributed by atoms with Crippen LogP contribution in [0.25, 0.3) is 17.1 Å². The molecule has 0 aliphatic heterocycles. The lowest BCUT2D eigenvalue weighted by Crippen LogP contribution is -2.08. The molecule has 0 unspecified atom stereocenters. The average Bonchev–Trinajstić information content (AvgIpc) is 3.27. The molecule has 0 aromatic carbocycles. The van der Waals surface area contributed by atoms with Crippen LogP contribution < -0.4 is 5.32 Å². The van der Waals surface area contributed by atoms with Crippen LogP contribution in [0.2, 0.25) is 0 Å². The van der Waals surface area contributed by atoms with Gasteiger partial charge in [0.15, 0.2) is 11.6 Å². The van der Waals surface area contributed by atoms with Gasteiger partial charge in [-0.1, -0.05) is 12.1 Å². The second-order valence-electron chi connectivity index (χ2n) is 6.31. The normalized spacial score (nSPS) is 11.5. The Kier molecular flexibility index (Phi) is 4.65. The van der Waals surface area contributed by atoms with Gasteiger partial charge in [-0.25, -0.2) is 15.0 Å². The molecule has 0 fully saturated rings. The first-order valence-corrected chi connectivity index (χ1v) is 8.83. The summed E-state index contributed by atoms with van der Waals surface area (Å²) in [4.78, 5) is 18.2. The van der Waals surface area contributed by atoms with E-state index in [1.165, 1.54) is 0 Å². The van der Waals surface area contributed by atoms with Crippen LogP contribution >= 0.6 is 0 Å². The first-order chi connectivity index (χ1) is 13.2. The zero-order valence-electron chi connectivity index (χ0n) is 15.4. The molecule has 0 aliphatic rings. The van der Waals surface area contributed by atoms with Gasteiger partial charge in [-0.15, -0.1) is 0 Å². The summed E-state index contributed by atoms with van der Waals surface area (Å²) in [5.41, 5.74) is 3.81. The molecular formula is C20H21N7. The number of hydrogen-bond acceptors (Lipinski definition) is 5. The third-order valence-electron chi connectivity index (χ3n) is 4.20. The average molecular weight is 359 g/mol. The van der Waals surface area contributed by atoms with E-state index in [0.717, 1.165) is 28.2 Å². The Morgan fingerprint density at radius 1 is 1.11 bits per heavy atom. The molecule has 4 rings (SSSR count). The molecule has 0 aliphatic carbocycles. The number of hydrogen-bond donors (Lipinski definition) is 1. The second kappa shape index (κ2) is 7.41. The van der Waals surface area contributed by atoms with Gasteiger partial charge in [-0.2, -0.15) is 0 Å². The van der Waals surface area contributed by atoms with Gasteiger partial charge in [0.1, 0.15) is 5.52 Å². The Balaban J connectivity index is 1.72. The highest BCUT2D eigenvalue weighted by molar-refractivity contribution is 5.87. The number of imidazole rings is 1. The number of fused-ring (bicyclic) bond motifs is 1. The van der Waals surface area contributed by atoms with Crippen molar-refractivity contribution >= 4 is 22.9 Å². The fourth-order valence-electron chi connectivity index (χ4n) is 3.00. The molecule has 0 spiro atoms. The number of rotatable bonds is 6. The maximum absolute atomic E-state index is 4.70. The van der Waals surface area contributed by atoms with E-state index in [0.29, 0.717) is 18.9 Å². The van der Waals surface area contributed by atoms with Crippen LogP contribution in [-0.4, -0.2) is 29.1 Å². The molecule has 0 saturated carbocycles. The summed E-state index contributed by atoms with van der Waals surface area (Å²) in [7, 11) is 1.96. The van der Waals surface area contributed by atoms with Crippen molar-refractivity contribution in [2.45, 2.75) is 20.0 Å². The van der Waals surface area contributed by atoms with E-state index >= 15 is 0 Å². The molecule has 136 valence electrons. The van der Waals surface area contributed by atoms with Crippen LogP contribution in [0.5, 0.6) is 0 Å². The van der Waals surface area contributed by atoms with Crippen LogP contribution in [0.15, 0.2) is 55.3 Å². The van der Waals surface area contributed by atoms with Gasteiger partial charge in [0.05, 0.1) is 36.3 Å². The molecule has 27 heavy (non-hydrogen) atoms. The Morgan fingerprint density at radius 3 is 2.78 bits per heavy atom. The van der Waals surface area contributed by atoms with E-state index < -0.39 is 0 Å². The number of nitrogens with zero attached hydrogens (tertiary/aromatic N) is 6. The number of anilines is 1. The van der Waals surface area contributed by atoms with Crippen LogP contribution in [0.3, 0.4) is 0 Å². The van der Waals surface area contributed by atoms with Gasteiger partial charge < -0.3 is 14.5 Å². The maximum atomic E-state index is 4.70. The number of pyridine rings is 1. The van der Waals surface area contributed by atoms with Crippen molar-refractivity contribution in [2.24, 2.45) is 7.05 Å². The van der Waals surface area contributed by atoms with Gasteiger partial charge in [-0.05, 0) is 31.2 Å². The quantitative estimate of drug-likeness (QED) is 0.572. The molecule has 4 heterocycles. The van der Waals surface area contributed by atoms with E-state index in [2.05, 4.69) is 24.8 Å². The van der Waals surface area contributed by atoms with Gasteiger partial charge >= 0.3 is 0 Å². The minimum Gasteiger partial charge on any atom is -0.362 e. The maximum Gasteiger partial charge on any atom is 0.155 e. The van der Waals surface area contributed by atoms with Crippen molar-refractivity contribution < 1.29 is 0 Å². The molecule has 0 bridgehead atoms. The molecular weight excluding hydrogens is 338 g/mol. The molecule has 7 heteroatoms. The molecule has 4 aromatic rings. The van der Waals surface area contributed by atoms with Gasteiger partial charge in [0, 0.05) is 25.6 Å². The molecule has 0 atom stereocenters. The Hall–Kier alpha value is -3.48. The first kappa shape index (κ1) is 17.0. The minimum absolute atomic E-state index is 0.594. The smallest absolute Gasteiger partial charge is 0.155 e. The van der Waals surface area contributed by atoms with Crippen LogP contribution in [0, 0.1) is 0 Å². The third kappa shape index (κ3) is 3.72. The summed E-state index contributed by atoms with van der Waals surface area (Å²) in [5, 5.41) is 3.43. The van der Waals surface area contributed by atoms with Gasteiger partial charge in [0.25, 0.3) is 0 Å². The van der Waals surface area contributed by atoms with Crippen LogP contribution in [0.1, 0.15) is 24.1 Å². The van der Waals surface area contributed by atoms with E-state index in [1.807, 2.05) is 73.5 Å². The third-order valence-corrected chi connectivity index (χ3v) is 4.20. The number of allylic oxidation sites excluding steroid dienone is 1. The minimum atomic E-state index is 0.594. The van der Waals surface area contributed by atoms with Crippen molar-refractivity contribution in [3.8, 4) is 0 Å². The fourth-order valence-corrected chi connectivity index (χ4v) is 3.00. The molecule has 0 amide bonds. The van der Waals surface area contributed by atoms with Crippen LogP contribution in [0.4, 0.5) is 5.82 Å². The lowest BCUT2D eigenvalue weighted by molar-refractivity contribution is 0.805. The van der Waals surface area contributed by atoms with E-state index in [-0.39, 0.29) is 0 Å². The standard InChI is InChI=1S/C20H21N7/c1-3-6-18-24-17-8-10-27(13-15-7-4-5-9-21-15)19(17)20(25-18)22-11-16-12-26(2)14-23-16/h3-10,12,14H,11,13H2,1-2H3,(H,22,24,25). The largest absolute Gasteiger partial charge is 0.362 e. The second-order valence-corrected chi connectivity index (χ2v) is 6.31. The van der Waals surface area contributed by atoms with Crippen molar-refractivity contribution in [1.29, 1.82) is 0 Å². The van der Waals surface area contributed by atoms with Crippen molar-refractivity contribution in [3.05, 3.63) is 72.5 Å².